The maximum Gasteiger partial charge on any atom is 0.234 e. The summed E-state index contributed by atoms with van der Waals surface area (Å²) in [6.07, 6.45) is 5.24. The Morgan fingerprint density at radius 1 is 1.53 bits per heavy atom. The number of hydrogen-bond donors (Lipinski definition) is 1. The molecule has 2 rings (SSSR count). The number of pyridine rings is 1. The van der Waals surface area contributed by atoms with Crippen LogP contribution in [0, 0.1) is 5.41 Å². The lowest BCUT2D eigenvalue weighted by Gasteiger charge is -2.30. The van der Waals surface area contributed by atoms with E-state index < -0.39 is 0 Å². The molecular weight excluding hydrogens is 214 g/mol. The van der Waals surface area contributed by atoms with E-state index in [4.69, 9.17) is 0 Å². The van der Waals surface area contributed by atoms with Crippen LogP contribution in [0.1, 0.15) is 19.8 Å². The second-order valence-electron chi connectivity index (χ2n) is 4.63. The van der Waals surface area contributed by atoms with Crippen LogP contribution in [0.2, 0.25) is 0 Å². The molecular formula is C13H19N3O. The zero-order valence-corrected chi connectivity index (χ0v) is 10.4. The lowest BCUT2D eigenvalue weighted by molar-refractivity contribution is -0.127. The Kier molecular flexibility index (Phi) is 3.43. The van der Waals surface area contributed by atoms with Crippen LogP contribution >= 0.6 is 0 Å². The summed E-state index contributed by atoms with van der Waals surface area (Å²) in [5, 5.41) is 3.29. The Hall–Kier alpha value is -1.42. The number of anilines is 1. The van der Waals surface area contributed by atoms with Crippen LogP contribution in [0.25, 0.3) is 0 Å². The molecule has 0 saturated carbocycles. The maximum atomic E-state index is 12.6. The topological polar surface area (TPSA) is 45.2 Å². The van der Waals surface area contributed by atoms with E-state index in [2.05, 4.69) is 17.2 Å². The molecule has 0 aromatic carbocycles. The first-order valence-corrected chi connectivity index (χ1v) is 6.08. The second-order valence-corrected chi connectivity index (χ2v) is 4.63. The van der Waals surface area contributed by atoms with Crippen molar-refractivity contribution in [2.45, 2.75) is 19.8 Å². The van der Waals surface area contributed by atoms with Crippen molar-refractivity contribution in [2.24, 2.45) is 5.41 Å². The smallest absolute Gasteiger partial charge is 0.234 e. The third-order valence-electron chi connectivity index (χ3n) is 3.73. The summed E-state index contributed by atoms with van der Waals surface area (Å²) in [4.78, 5) is 18.3. The van der Waals surface area contributed by atoms with E-state index >= 15 is 0 Å². The summed E-state index contributed by atoms with van der Waals surface area (Å²) in [7, 11) is 1.84. The summed E-state index contributed by atoms with van der Waals surface area (Å²) < 4.78 is 0. The molecule has 1 aromatic rings. The van der Waals surface area contributed by atoms with Crippen LogP contribution in [0.15, 0.2) is 24.5 Å². The molecule has 1 unspecified atom stereocenters. The monoisotopic (exact) mass is 233 g/mol. The van der Waals surface area contributed by atoms with Gasteiger partial charge in [0.25, 0.3) is 0 Å². The summed E-state index contributed by atoms with van der Waals surface area (Å²) in [6.45, 7) is 3.81. The normalized spacial score (nSPS) is 23.6. The Labute approximate surface area is 102 Å². The Balaban J connectivity index is 2.19. The third kappa shape index (κ3) is 2.17. The zero-order chi connectivity index (χ0) is 12.3. The quantitative estimate of drug-likeness (QED) is 0.859. The molecule has 0 aliphatic carbocycles. The van der Waals surface area contributed by atoms with E-state index in [1.165, 1.54) is 0 Å². The molecule has 1 N–H and O–H groups in total. The highest BCUT2D eigenvalue weighted by atomic mass is 16.2. The van der Waals surface area contributed by atoms with Gasteiger partial charge in [0, 0.05) is 31.7 Å². The molecule has 1 amide bonds. The van der Waals surface area contributed by atoms with E-state index in [0.717, 1.165) is 31.6 Å². The van der Waals surface area contributed by atoms with Gasteiger partial charge in [-0.1, -0.05) is 6.92 Å². The fourth-order valence-electron chi connectivity index (χ4n) is 2.42. The molecule has 0 radical (unpaired) electrons. The minimum Gasteiger partial charge on any atom is -0.316 e. The van der Waals surface area contributed by atoms with Gasteiger partial charge in [-0.2, -0.15) is 0 Å². The summed E-state index contributed by atoms with van der Waals surface area (Å²) in [5.74, 6) is 0.205. The highest BCUT2D eigenvalue weighted by Crippen LogP contribution is 2.32. The largest absolute Gasteiger partial charge is 0.316 e. The van der Waals surface area contributed by atoms with E-state index in [-0.39, 0.29) is 11.3 Å². The van der Waals surface area contributed by atoms with Gasteiger partial charge in [0.1, 0.15) is 0 Å². The van der Waals surface area contributed by atoms with Crippen LogP contribution in [-0.4, -0.2) is 31.0 Å². The summed E-state index contributed by atoms with van der Waals surface area (Å²) in [6, 6.07) is 3.73. The average molecular weight is 233 g/mol. The molecule has 17 heavy (non-hydrogen) atoms. The van der Waals surface area contributed by atoms with Crippen LogP contribution in [0.3, 0.4) is 0 Å². The third-order valence-corrected chi connectivity index (χ3v) is 3.73. The van der Waals surface area contributed by atoms with Crippen molar-refractivity contribution < 1.29 is 4.79 Å². The van der Waals surface area contributed by atoms with E-state index in [1.54, 1.807) is 17.3 Å². The van der Waals surface area contributed by atoms with Gasteiger partial charge >= 0.3 is 0 Å². The van der Waals surface area contributed by atoms with E-state index in [1.807, 2.05) is 19.2 Å². The highest BCUT2D eigenvalue weighted by Gasteiger charge is 2.41. The first-order valence-electron chi connectivity index (χ1n) is 6.08. The molecule has 1 aliphatic rings. The SMILES string of the molecule is CCC1(C(=O)N(C)c2ccncc2)CCNC1. The molecule has 4 nitrogen and oxygen atoms in total. The van der Waals surface area contributed by atoms with E-state index in [9.17, 15) is 4.79 Å². The van der Waals surface area contributed by atoms with Crippen molar-refractivity contribution in [3.8, 4) is 0 Å². The molecule has 1 saturated heterocycles. The Morgan fingerprint density at radius 2 is 2.24 bits per heavy atom. The fourth-order valence-corrected chi connectivity index (χ4v) is 2.42. The molecule has 0 spiro atoms. The van der Waals surface area contributed by atoms with Gasteiger partial charge < -0.3 is 10.2 Å². The molecule has 0 bridgehead atoms. The minimum atomic E-state index is -0.224. The predicted octanol–water partition coefficient (Wildman–Crippen LogP) is 1.43. The van der Waals surface area contributed by atoms with Crippen molar-refractivity contribution in [1.29, 1.82) is 0 Å². The van der Waals surface area contributed by atoms with Gasteiger partial charge in [-0.25, -0.2) is 0 Å². The second kappa shape index (κ2) is 4.84. The number of carbonyl (C=O) groups excluding carboxylic acids is 1. The molecule has 4 heteroatoms. The summed E-state index contributed by atoms with van der Waals surface area (Å²) in [5.41, 5.74) is 0.683. The number of rotatable bonds is 3. The molecule has 1 aromatic heterocycles. The number of hydrogen-bond acceptors (Lipinski definition) is 3. The number of amides is 1. The molecule has 1 aliphatic heterocycles. The van der Waals surface area contributed by atoms with Gasteiger partial charge in [0.05, 0.1) is 5.41 Å². The highest BCUT2D eigenvalue weighted by molar-refractivity contribution is 5.97. The molecule has 1 fully saturated rings. The van der Waals surface area contributed by atoms with Gasteiger partial charge in [-0.05, 0) is 31.5 Å². The average Bonchev–Trinajstić information content (AvgIpc) is 2.88. The van der Waals surface area contributed by atoms with Crippen molar-refractivity contribution in [1.82, 2.24) is 10.3 Å². The maximum absolute atomic E-state index is 12.6. The van der Waals surface area contributed by atoms with Crippen molar-refractivity contribution in [3.63, 3.8) is 0 Å². The lowest BCUT2D eigenvalue weighted by Crippen LogP contribution is -2.43. The summed E-state index contributed by atoms with van der Waals surface area (Å²) >= 11 is 0. The van der Waals surface area contributed by atoms with Crippen LogP contribution in [0.5, 0.6) is 0 Å². The molecule has 92 valence electrons. The molecule has 2 heterocycles. The van der Waals surface area contributed by atoms with Crippen molar-refractivity contribution in [2.75, 3.05) is 25.0 Å². The first kappa shape index (κ1) is 12.0. The number of aromatic nitrogens is 1. The standard InChI is InChI=1S/C13H19N3O/c1-3-13(6-9-15-10-13)12(17)16(2)11-4-7-14-8-5-11/h4-5,7-8,15H,3,6,9-10H2,1-2H3. The zero-order valence-electron chi connectivity index (χ0n) is 10.4. The fraction of sp³-hybridized carbons (Fsp3) is 0.538. The van der Waals surface area contributed by atoms with Gasteiger partial charge in [-0.15, -0.1) is 0 Å². The van der Waals surface area contributed by atoms with Gasteiger partial charge in [0.2, 0.25) is 5.91 Å². The van der Waals surface area contributed by atoms with Gasteiger partial charge in [0.15, 0.2) is 0 Å². The Bertz CT molecular complexity index is 385. The van der Waals surface area contributed by atoms with Crippen molar-refractivity contribution in [3.05, 3.63) is 24.5 Å². The molecule has 1 atom stereocenters. The number of nitrogens with one attached hydrogen (secondary N) is 1. The van der Waals surface area contributed by atoms with Crippen LogP contribution in [0.4, 0.5) is 5.69 Å². The van der Waals surface area contributed by atoms with Crippen LogP contribution in [-0.2, 0) is 4.79 Å². The lowest BCUT2D eigenvalue weighted by atomic mass is 9.82. The Morgan fingerprint density at radius 3 is 2.76 bits per heavy atom. The van der Waals surface area contributed by atoms with Crippen LogP contribution < -0.4 is 10.2 Å². The first-order chi connectivity index (χ1) is 8.19. The van der Waals surface area contributed by atoms with Gasteiger partial charge in [-0.3, -0.25) is 9.78 Å². The van der Waals surface area contributed by atoms with Crippen molar-refractivity contribution >= 4 is 11.6 Å². The van der Waals surface area contributed by atoms with E-state index in [0.29, 0.717) is 0 Å². The number of carbonyl (C=O) groups is 1. The predicted molar refractivity (Wildman–Crippen MR) is 67.9 cm³/mol. The number of nitrogens with zero attached hydrogens (tertiary/aromatic N) is 2. The minimum absolute atomic E-state index is 0.205.